The van der Waals surface area contributed by atoms with Crippen molar-refractivity contribution in [3.8, 4) is 6.01 Å². The third-order valence-corrected chi connectivity index (χ3v) is 1.18. The van der Waals surface area contributed by atoms with Crippen LogP contribution in [-0.2, 0) is 0 Å². The molecule has 0 fully saturated rings. The van der Waals surface area contributed by atoms with Crippen molar-refractivity contribution in [2.45, 2.75) is 6.92 Å². The molecule has 0 aliphatic carbocycles. The van der Waals surface area contributed by atoms with E-state index in [-0.39, 0.29) is 0 Å². The molecule has 1 heterocycles. The predicted molar refractivity (Wildman–Crippen MR) is 38.7 cm³/mol. The lowest BCUT2D eigenvalue weighted by Gasteiger charge is -1.99. The van der Waals surface area contributed by atoms with Gasteiger partial charge in [0.25, 0.3) is 0 Å². The maximum absolute atomic E-state index is 5.46. The van der Waals surface area contributed by atoms with Gasteiger partial charge >= 0.3 is 6.01 Å². The van der Waals surface area contributed by atoms with Crippen LogP contribution in [0.5, 0.6) is 6.01 Å². The minimum atomic E-state index is 0.353. The van der Waals surface area contributed by atoms with E-state index in [2.05, 4.69) is 9.97 Å². The Bertz CT molecular complexity index is 239. The zero-order chi connectivity index (χ0) is 7.56. The normalized spacial score (nSPS) is 9.40. The molecule has 0 N–H and O–H groups in total. The number of nitrogens with zero attached hydrogens (tertiary/aromatic N) is 2. The first kappa shape index (κ1) is 7.06. The Morgan fingerprint density at radius 3 is 2.80 bits per heavy atom. The van der Waals surface area contributed by atoms with Crippen molar-refractivity contribution in [2.24, 2.45) is 0 Å². The number of hydrogen-bond acceptors (Lipinski definition) is 3. The van der Waals surface area contributed by atoms with E-state index >= 15 is 0 Å². The minimum Gasteiger partial charge on any atom is -0.467 e. The van der Waals surface area contributed by atoms with Crippen LogP contribution in [-0.4, -0.2) is 24.9 Å². The molecule has 10 heavy (non-hydrogen) atoms. The lowest BCUT2D eigenvalue weighted by molar-refractivity contribution is 0.379. The van der Waals surface area contributed by atoms with Crippen molar-refractivity contribution in [1.29, 1.82) is 0 Å². The summed E-state index contributed by atoms with van der Waals surface area (Å²) >= 11 is 0. The molecule has 0 aliphatic heterocycles. The van der Waals surface area contributed by atoms with E-state index in [4.69, 9.17) is 12.6 Å². The summed E-state index contributed by atoms with van der Waals surface area (Å²) in [6.07, 6.45) is 1.53. The van der Waals surface area contributed by atoms with Gasteiger partial charge in [-0.15, -0.1) is 0 Å². The summed E-state index contributed by atoms with van der Waals surface area (Å²) in [5.74, 6) is 0. The van der Waals surface area contributed by atoms with Gasteiger partial charge in [-0.1, -0.05) is 5.46 Å². The highest BCUT2D eigenvalue weighted by molar-refractivity contribution is 6.32. The molecule has 2 radical (unpaired) electrons. The van der Waals surface area contributed by atoms with Crippen LogP contribution in [0.25, 0.3) is 0 Å². The lowest BCUT2D eigenvalue weighted by atomic mass is 9.97. The second kappa shape index (κ2) is 2.69. The maximum atomic E-state index is 5.46. The molecular weight excluding hydrogens is 127 g/mol. The minimum absolute atomic E-state index is 0.353. The molecule has 0 spiro atoms. The lowest BCUT2D eigenvalue weighted by Crippen LogP contribution is -2.11. The zero-order valence-corrected chi connectivity index (χ0v) is 5.96. The summed E-state index contributed by atoms with van der Waals surface area (Å²) in [6.45, 7) is 1.81. The molecule has 0 bridgehead atoms. The van der Waals surface area contributed by atoms with Crippen LogP contribution < -0.4 is 10.2 Å². The van der Waals surface area contributed by atoms with Gasteiger partial charge in [-0.3, -0.25) is 0 Å². The van der Waals surface area contributed by atoms with Crippen LogP contribution in [0, 0.1) is 6.92 Å². The molecular formula is C6H7BN2O. The molecule has 0 atom stereocenters. The molecule has 50 valence electrons. The van der Waals surface area contributed by atoms with Gasteiger partial charge in [0.05, 0.1) is 7.11 Å². The van der Waals surface area contributed by atoms with E-state index in [0.29, 0.717) is 11.5 Å². The van der Waals surface area contributed by atoms with E-state index in [1.165, 1.54) is 13.3 Å². The number of hydrogen-bond donors (Lipinski definition) is 0. The molecule has 1 aromatic heterocycles. The van der Waals surface area contributed by atoms with Crippen molar-refractivity contribution in [3.63, 3.8) is 0 Å². The van der Waals surface area contributed by atoms with Crippen molar-refractivity contribution in [2.75, 3.05) is 7.11 Å². The Labute approximate surface area is 60.9 Å². The summed E-state index contributed by atoms with van der Waals surface area (Å²) in [5.41, 5.74) is 1.33. The van der Waals surface area contributed by atoms with Crippen LogP contribution in [0.3, 0.4) is 0 Å². The van der Waals surface area contributed by atoms with Crippen molar-refractivity contribution in [1.82, 2.24) is 9.97 Å². The first-order chi connectivity index (χ1) is 4.74. The summed E-state index contributed by atoms with van der Waals surface area (Å²) in [6, 6.07) is 0.353. The first-order valence-corrected chi connectivity index (χ1v) is 2.87. The smallest absolute Gasteiger partial charge is 0.316 e. The molecule has 0 aromatic carbocycles. The Kier molecular flexibility index (Phi) is 1.90. The molecule has 0 saturated heterocycles. The molecule has 0 unspecified atom stereocenters. The number of methoxy groups -OCH3 is 1. The second-order valence-corrected chi connectivity index (χ2v) is 1.90. The van der Waals surface area contributed by atoms with Gasteiger partial charge in [-0.2, -0.15) is 0 Å². The molecule has 4 heteroatoms. The Morgan fingerprint density at radius 2 is 2.30 bits per heavy atom. The largest absolute Gasteiger partial charge is 0.467 e. The molecule has 3 nitrogen and oxygen atoms in total. The molecule has 0 saturated carbocycles. The van der Waals surface area contributed by atoms with Crippen LogP contribution >= 0.6 is 0 Å². The molecule has 1 rings (SSSR count). The SMILES string of the molecule is [B]c1cnc(OC)nc1C. The number of rotatable bonds is 1. The van der Waals surface area contributed by atoms with E-state index in [9.17, 15) is 0 Å². The fourth-order valence-corrected chi connectivity index (χ4v) is 0.553. The molecule has 0 amide bonds. The second-order valence-electron chi connectivity index (χ2n) is 1.90. The van der Waals surface area contributed by atoms with E-state index < -0.39 is 0 Å². The van der Waals surface area contributed by atoms with Gasteiger partial charge in [-0.25, -0.2) is 9.97 Å². The monoisotopic (exact) mass is 134 g/mol. The Morgan fingerprint density at radius 1 is 1.60 bits per heavy atom. The highest BCUT2D eigenvalue weighted by Crippen LogP contribution is 1.96. The zero-order valence-electron chi connectivity index (χ0n) is 5.96. The van der Waals surface area contributed by atoms with Crippen LogP contribution in [0.15, 0.2) is 6.20 Å². The van der Waals surface area contributed by atoms with Gasteiger partial charge in [0.2, 0.25) is 0 Å². The number of aryl methyl sites for hydroxylation is 1. The van der Waals surface area contributed by atoms with Crippen LogP contribution in [0.4, 0.5) is 0 Å². The van der Waals surface area contributed by atoms with Crippen molar-refractivity contribution < 1.29 is 4.74 Å². The Balaban J connectivity index is 3.04. The van der Waals surface area contributed by atoms with Gasteiger partial charge < -0.3 is 4.74 Å². The van der Waals surface area contributed by atoms with Crippen LogP contribution in [0.2, 0.25) is 0 Å². The van der Waals surface area contributed by atoms with Gasteiger partial charge in [0.15, 0.2) is 0 Å². The van der Waals surface area contributed by atoms with Gasteiger partial charge in [0.1, 0.15) is 7.85 Å². The van der Waals surface area contributed by atoms with E-state index in [0.717, 1.165) is 5.69 Å². The van der Waals surface area contributed by atoms with Gasteiger partial charge in [-0.05, 0) is 6.92 Å². The number of ether oxygens (including phenoxy) is 1. The van der Waals surface area contributed by atoms with E-state index in [1.54, 1.807) is 6.92 Å². The van der Waals surface area contributed by atoms with Crippen molar-refractivity contribution in [3.05, 3.63) is 11.9 Å². The molecule has 1 aromatic rings. The number of aromatic nitrogens is 2. The van der Waals surface area contributed by atoms with Crippen LogP contribution in [0.1, 0.15) is 5.69 Å². The predicted octanol–water partition coefficient (Wildman–Crippen LogP) is -0.413. The standard InChI is InChI=1S/C6H7BN2O/c1-4-5(7)3-8-6(9-4)10-2/h3H,1-2H3. The highest BCUT2D eigenvalue weighted by atomic mass is 16.5. The molecule has 0 aliphatic rings. The first-order valence-electron chi connectivity index (χ1n) is 2.87. The maximum Gasteiger partial charge on any atom is 0.316 e. The summed E-state index contributed by atoms with van der Waals surface area (Å²) < 4.78 is 4.77. The summed E-state index contributed by atoms with van der Waals surface area (Å²) in [5, 5.41) is 0. The van der Waals surface area contributed by atoms with Crippen molar-refractivity contribution >= 4 is 13.3 Å². The third-order valence-electron chi connectivity index (χ3n) is 1.18. The average Bonchev–Trinajstić information content (AvgIpc) is 1.95. The Hall–Kier alpha value is -1.06. The summed E-state index contributed by atoms with van der Waals surface area (Å²) in [7, 11) is 6.98. The topological polar surface area (TPSA) is 35.0 Å². The third kappa shape index (κ3) is 1.26. The van der Waals surface area contributed by atoms with Gasteiger partial charge in [0, 0.05) is 11.9 Å². The summed E-state index contributed by atoms with van der Waals surface area (Å²) in [4.78, 5) is 7.73. The quantitative estimate of drug-likeness (QED) is 0.489. The fraction of sp³-hybridized carbons (Fsp3) is 0.333. The average molecular weight is 134 g/mol. The van der Waals surface area contributed by atoms with E-state index in [1.807, 2.05) is 0 Å². The fourth-order valence-electron chi connectivity index (χ4n) is 0.553. The highest BCUT2D eigenvalue weighted by Gasteiger charge is 1.96.